The molecule has 0 fully saturated rings. The van der Waals surface area contributed by atoms with Crippen molar-refractivity contribution in [1.82, 2.24) is 10.3 Å². The minimum absolute atomic E-state index is 0.284. The quantitative estimate of drug-likeness (QED) is 0.892. The minimum atomic E-state index is 0.284. The third kappa shape index (κ3) is 3.18. The standard InChI is InChI=1S/C15H20N2S/c1-10-5-7-14(8-6-10)11(2)16-12(3)15-9-18-13(4)17-15/h5-9,11-12,16H,1-4H3/t11-,12?/m0/s1. The molecule has 0 spiro atoms. The van der Waals surface area contributed by atoms with E-state index in [1.165, 1.54) is 11.1 Å². The summed E-state index contributed by atoms with van der Waals surface area (Å²) in [5.41, 5.74) is 3.75. The first-order chi connectivity index (χ1) is 8.56. The van der Waals surface area contributed by atoms with Gasteiger partial charge in [0.2, 0.25) is 0 Å². The molecule has 96 valence electrons. The number of thiazole rings is 1. The van der Waals surface area contributed by atoms with Crippen LogP contribution in [0.1, 0.15) is 47.8 Å². The van der Waals surface area contributed by atoms with Crippen LogP contribution < -0.4 is 5.32 Å². The van der Waals surface area contributed by atoms with Crippen LogP contribution >= 0.6 is 11.3 Å². The van der Waals surface area contributed by atoms with Crippen molar-refractivity contribution in [3.63, 3.8) is 0 Å². The molecule has 0 saturated heterocycles. The summed E-state index contributed by atoms with van der Waals surface area (Å²) in [4.78, 5) is 4.53. The first-order valence-corrected chi connectivity index (χ1v) is 7.19. The van der Waals surface area contributed by atoms with E-state index < -0.39 is 0 Å². The largest absolute Gasteiger partial charge is 0.302 e. The third-order valence-corrected chi connectivity index (χ3v) is 3.95. The van der Waals surface area contributed by atoms with Crippen molar-refractivity contribution in [2.45, 2.75) is 39.8 Å². The Bertz CT molecular complexity index is 501. The van der Waals surface area contributed by atoms with Crippen LogP contribution in [-0.4, -0.2) is 4.98 Å². The Labute approximate surface area is 113 Å². The van der Waals surface area contributed by atoms with Crippen molar-refractivity contribution in [1.29, 1.82) is 0 Å². The van der Waals surface area contributed by atoms with E-state index in [9.17, 15) is 0 Å². The number of rotatable bonds is 4. The second-order valence-electron chi connectivity index (χ2n) is 4.81. The number of aromatic nitrogens is 1. The summed E-state index contributed by atoms with van der Waals surface area (Å²) in [5, 5.41) is 6.85. The summed E-state index contributed by atoms with van der Waals surface area (Å²) < 4.78 is 0. The van der Waals surface area contributed by atoms with E-state index in [1.807, 2.05) is 6.92 Å². The van der Waals surface area contributed by atoms with Gasteiger partial charge >= 0.3 is 0 Å². The topological polar surface area (TPSA) is 24.9 Å². The van der Waals surface area contributed by atoms with Gasteiger partial charge in [-0.1, -0.05) is 29.8 Å². The molecule has 0 aliphatic carbocycles. The Kier molecular flexibility index (Phi) is 4.15. The lowest BCUT2D eigenvalue weighted by molar-refractivity contribution is 0.487. The number of nitrogens with zero attached hydrogens (tertiary/aromatic N) is 1. The van der Waals surface area contributed by atoms with Crippen molar-refractivity contribution >= 4 is 11.3 Å². The molecule has 0 aliphatic rings. The van der Waals surface area contributed by atoms with Gasteiger partial charge < -0.3 is 5.32 Å². The van der Waals surface area contributed by atoms with Gasteiger partial charge in [-0.2, -0.15) is 0 Å². The fourth-order valence-corrected chi connectivity index (χ4v) is 2.70. The van der Waals surface area contributed by atoms with E-state index in [-0.39, 0.29) is 6.04 Å². The van der Waals surface area contributed by atoms with Gasteiger partial charge in [0.15, 0.2) is 0 Å². The minimum Gasteiger partial charge on any atom is -0.302 e. The van der Waals surface area contributed by atoms with Crippen LogP contribution in [-0.2, 0) is 0 Å². The van der Waals surface area contributed by atoms with Gasteiger partial charge in [0.1, 0.15) is 0 Å². The lowest BCUT2D eigenvalue weighted by Gasteiger charge is -2.19. The molecule has 2 rings (SSSR count). The molecule has 2 aromatic rings. The van der Waals surface area contributed by atoms with Gasteiger partial charge in [-0.05, 0) is 33.3 Å². The monoisotopic (exact) mass is 260 g/mol. The first kappa shape index (κ1) is 13.2. The summed E-state index contributed by atoms with van der Waals surface area (Å²) in [6.45, 7) is 8.52. The van der Waals surface area contributed by atoms with Gasteiger partial charge in [-0.25, -0.2) is 4.98 Å². The van der Waals surface area contributed by atoms with E-state index in [0.717, 1.165) is 10.7 Å². The van der Waals surface area contributed by atoms with Gasteiger partial charge in [-0.3, -0.25) is 0 Å². The van der Waals surface area contributed by atoms with Crippen molar-refractivity contribution in [3.8, 4) is 0 Å². The predicted molar refractivity (Wildman–Crippen MR) is 78.0 cm³/mol. The van der Waals surface area contributed by atoms with Crippen molar-refractivity contribution < 1.29 is 0 Å². The summed E-state index contributed by atoms with van der Waals surface area (Å²) >= 11 is 1.71. The maximum Gasteiger partial charge on any atom is 0.0898 e. The van der Waals surface area contributed by atoms with Crippen molar-refractivity contribution in [3.05, 3.63) is 51.5 Å². The average Bonchev–Trinajstić information content (AvgIpc) is 2.76. The Morgan fingerprint density at radius 2 is 1.72 bits per heavy atom. The summed E-state index contributed by atoms with van der Waals surface area (Å²) in [7, 11) is 0. The molecule has 18 heavy (non-hydrogen) atoms. The lowest BCUT2D eigenvalue weighted by Crippen LogP contribution is -2.22. The van der Waals surface area contributed by atoms with Gasteiger partial charge in [0, 0.05) is 17.5 Å². The Balaban J connectivity index is 2.02. The second-order valence-corrected chi connectivity index (χ2v) is 5.87. The van der Waals surface area contributed by atoms with Crippen LogP contribution in [0.4, 0.5) is 0 Å². The van der Waals surface area contributed by atoms with E-state index >= 15 is 0 Å². The van der Waals surface area contributed by atoms with Gasteiger partial charge in [0.25, 0.3) is 0 Å². The highest BCUT2D eigenvalue weighted by atomic mass is 32.1. The summed E-state index contributed by atoms with van der Waals surface area (Å²) in [5.74, 6) is 0. The fourth-order valence-electron chi connectivity index (χ4n) is 1.99. The number of hydrogen-bond donors (Lipinski definition) is 1. The maximum atomic E-state index is 4.53. The normalized spacial score (nSPS) is 14.4. The zero-order chi connectivity index (χ0) is 13.1. The number of hydrogen-bond acceptors (Lipinski definition) is 3. The van der Waals surface area contributed by atoms with Crippen molar-refractivity contribution in [2.75, 3.05) is 0 Å². The van der Waals surface area contributed by atoms with Gasteiger partial charge in [0.05, 0.1) is 10.7 Å². The van der Waals surface area contributed by atoms with Crippen LogP contribution in [0.2, 0.25) is 0 Å². The molecule has 1 aromatic heterocycles. The molecule has 2 nitrogen and oxygen atoms in total. The van der Waals surface area contributed by atoms with Crippen LogP contribution in [0.5, 0.6) is 0 Å². The Hall–Kier alpha value is -1.19. The number of nitrogens with one attached hydrogen (secondary N) is 1. The maximum absolute atomic E-state index is 4.53. The SMILES string of the molecule is Cc1ccc([C@H](C)NC(C)c2csc(C)n2)cc1. The first-order valence-electron chi connectivity index (χ1n) is 6.31. The summed E-state index contributed by atoms with van der Waals surface area (Å²) in [6, 6.07) is 9.31. The molecular formula is C15H20N2S. The average molecular weight is 260 g/mol. The molecule has 3 heteroatoms. The molecular weight excluding hydrogens is 240 g/mol. The van der Waals surface area contributed by atoms with E-state index in [2.05, 4.69) is 60.7 Å². The highest BCUT2D eigenvalue weighted by Crippen LogP contribution is 2.20. The Morgan fingerprint density at radius 3 is 2.28 bits per heavy atom. The van der Waals surface area contributed by atoms with Crippen LogP contribution in [0, 0.1) is 13.8 Å². The molecule has 1 aromatic carbocycles. The molecule has 2 atom stereocenters. The van der Waals surface area contributed by atoms with Crippen LogP contribution in [0.15, 0.2) is 29.6 Å². The zero-order valence-electron chi connectivity index (χ0n) is 11.4. The molecule has 0 bridgehead atoms. The molecule has 1 N–H and O–H groups in total. The highest BCUT2D eigenvalue weighted by molar-refractivity contribution is 7.09. The zero-order valence-corrected chi connectivity index (χ0v) is 12.2. The Morgan fingerprint density at radius 1 is 1.06 bits per heavy atom. The molecule has 0 radical (unpaired) electrons. The smallest absolute Gasteiger partial charge is 0.0898 e. The number of aryl methyl sites for hydroxylation is 2. The van der Waals surface area contributed by atoms with Crippen molar-refractivity contribution in [2.24, 2.45) is 0 Å². The molecule has 0 aliphatic heterocycles. The molecule has 1 unspecified atom stereocenters. The highest BCUT2D eigenvalue weighted by Gasteiger charge is 2.13. The molecule has 1 heterocycles. The molecule has 0 amide bonds. The van der Waals surface area contributed by atoms with Crippen LogP contribution in [0.25, 0.3) is 0 Å². The third-order valence-electron chi connectivity index (χ3n) is 3.16. The van der Waals surface area contributed by atoms with E-state index in [0.29, 0.717) is 6.04 Å². The second kappa shape index (κ2) is 5.63. The van der Waals surface area contributed by atoms with E-state index in [4.69, 9.17) is 0 Å². The lowest BCUT2D eigenvalue weighted by atomic mass is 10.1. The summed E-state index contributed by atoms with van der Waals surface area (Å²) in [6.07, 6.45) is 0. The van der Waals surface area contributed by atoms with E-state index in [1.54, 1.807) is 11.3 Å². The molecule has 0 saturated carbocycles. The fraction of sp³-hybridized carbons (Fsp3) is 0.400. The van der Waals surface area contributed by atoms with Gasteiger partial charge in [-0.15, -0.1) is 11.3 Å². The van der Waals surface area contributed by atoms with Crippen LogP contribution in [0.3, 0.4) is 0 Å². The number of benzene rings is 1. The predicted octanol–water partition coefficient (Wildman–Crippen LogP) is 4.17.